The molecular formula is C19H22ClNO2. The highest BCUT2D eigenvalue weighted by Crippen LogP contribution is 2.38. The van der Waals surface area contributed by atoms with Crippen molar-refractivity contribution < 1.29 is 9.47 Å². The molecule has 1 N–H and O–H groups in total. The third kappa shape index (κ3) is 3.17. The summed E-state index contributed by atoms with van der Waals surface area (Å²) >= 11 is 6.29. The highest BCUT2D eigenvalue weighted by Gasteiger charge is 2.25. The van der Waals surface area contributed by atoms with Gasteiger partial charge in [-0.05, 0) is 61.2 Å². The fourth-order valence-electron chi connectivity index (χ4n) is 3.32. The van der Waals surface area contributed by atoms with Crippen LogP contribution in [0.3, 0.4) is 0 Å². The zero-order valence-electron chi connectivity index (χ0n) is 13.8. The maximum atomic E-state index is 6.29. The van der Waals surface area contributed by atoms with Crippen LogP contribution in [0.4, 0.5) is 0 Å². The number of halogens is 1. The smallest absolute Gasteiger partial charge is 0.126 e. The number of benzene rings is 2. The van der Waals surface area contributed by atoms with E-state index in [1.54, 1.807) is 7.11 Å². The molecule has 0 saturated carbocycles. The topological polar surface area (TPSA) is 30.5 Å². The molecule has 0 aromatic heterocycles. The Bertz CT molecular complexity index is 715. The summed E-state index contributed by atoms with van der Waals surface area (Å²) in [7, 11) is 1.71. The van der Waals surface area contributed by atoms with Gasteiger partial charge in [0.2, 0.25) is 0 Å². The van der Waals surface area contributed by atoms with Gasteiger partial charge in [0.25, 0.3) is 0 Å². The van der Waals surface area contributed by atoms with Gasteiger partial charge in [0.05, 0.1) is 19.8 Å². The molecule has 0 fully saturated rings. The van der Waals surface area contributed by atoms with Crippen LogP contribution in [-0.4, -0.2) is 20.3 Å². The van der Waals surface area contributed by atoms with Gasteiger partial charge in [-0.15, -0.1) is 0 Å². The van der Waals surface area contributed by atoms with Gasteiger partial charge in [0.1, 0.15) is 11.5 Å². The maximum absolute atomic E-state index is 6.29. The lowest BCUT2D eigenvalue weighted by molar-refractivity contribution is 0.339. The Morgan fingerprint density at radius 2 is 2.04 bits per heavy atom. The Kier molecular flexibility index (Phi) is 4.79. The zero-order valence-corrected chi connectivity index (χ0v) is 14.5. The monoisotopic (exact) mass is 331 g/mol. The van der Waals surface area contributed by atoms with Crippen LogP contribution in [0, 0.1) is 6.92 Å². The third-order valence-electron chi connectivity index (χ3n) is 4.26. The molecule has 4 heteroatoms. The van der Waals surface area contributed by atoms with Crippen molar-refractivity contribution in [1.82, 2.24) is 5.32 Å². The molecule has 1 heterocycles. The van der Waals surface area contributed by atoms with Crippen LogP contribution >= 0.6 is 11.6 Å². The normalized spacial score (nSPS) is 16.8. The van der Waals surface area contributed by atoms with Crippen LogP contribution in [-0.2, 0) is 6.42 Å². The van der Waals surface area contributed by atoms with E-state index in [-0.39, 0.29) is 6.04 Å². The van der Waals surface area contributed by atoms with Gasteiger partial charge in [-0.25, -0.2) is 0 Å². The number of nitrogens with one attached hydrogen (secondary N) is 1. The number of methoxy groups -OCH3 is 1. The Hall–Kier alpha value is -1.71. The molecule has 2 aromatic carbocycles. The minimum atomic E-state index is 0.0850. The second kappa shape index (κ2) is 6.81. The van der Waals surface area contributed by atoms with Gasteiger partial charge in [0, 0.05) is 17.1 Å². The molecule has 0 aliphatic carbocycles. The van der Waals surface area contributed by atoms with E-state index in [0.717, 1.165) is 40.6 Å². The van der Waals surface area contributed by atoms with Gasteiger partial charge in [-0.3, -0.25) is 0 Å². The van der Waals surface area contributed by atoms with Crippen LogP contribution in [0.25, 0.3) is 0 Å². The fraction of sp³-hybridized carbons (Fsp3) is 0.368. The minimum Gasteiger partial charge on any atom is -0.496 e. The van der Waals surface area contributed by atoms with E-state index in [1.165, 1.54) is 11.1 Å². The van der Waals surface area contributed by atoms with E-state index in [1.807, 2.05) is 32.0 Å². The van der Waals surface area contributed by atoms with Gasteiger partial charge >= 0.3 is 0 Å². The molecule has 1 aliphatic rings. The van der Waals surface area contributed by atoms with Crippen molar-refractivity contribution >= 4 is 11.6 Å². The highest BCUT2D eigenvalue weighted by molar-refractivity contribution is 6.30. The van der Waals surface area contributed by atoms with Crippen LogP contribution in [0.5, 0.6) is 11.5 Å². The second-order valence-electron chi connectivity index (χ2n) is 5.78. The Morgan fingerprint density at radius 1 is 1.22 bits per heavy atom. The molecule has 0 radical (unpaired) electrons. The molecule has 23 heavy (non-hydrogen) atoms. The Labute approximate surface area is 142 Å². The summed E-state index contributed by atoms with van der Waals surface area (Å²) in [5.41, 5.74) is 4.72. The number of hydrogen-bond acceptors (Lipinski definition) is 3. The summed E-state index contributed by atoms with van der Waals surface area (Å²) in [5.74, 6) is 1.83. The Morgan fingerprint density at radius 3 is 2.78 bits per heavy atom. The van der Waals surface area contributed by atoms with Crippen molar-refractivity contribution in [2.24, 2.45) is 0 Å². The van der Waals surface area contributed by atoms with Crippen molar-refractivity contribution in [2.45, 2.75) is 26.3 Å². The molecule has 2 aromatic rings. The molecule has 0 saturated heterocycles. The van der Waals surface area contributed by atoms with Crippen LogP contribution in [0.15, 0.2) is 30.3 Å². The first-order valence-corrected chi connectivity index (χ1v) is 8.35. The lowest BCUT2D eigenvalue weighted by Crippen LogP contribution is -2.31. The van der Waals surface area contributed by atoms with Gasteiger partial charge in [0.15, 0.2) is 0 Å². The summed E-state index contributed by atoms with van der Waals surface area (Å²) in [6, 6.07) is 10.3. The molecule has 3 nitrogen and oxygen atoms in total. The van der Waals surface area contributed by atoms with E-state index < -0.39 is 0 Å². The van der Waals surface area contributed by atoms with Crippen molar-refractivity contribution in [2.75, 3.05) is 20.3 Å². The fourth-order valence-corrected chi connectivity index (χ4v) is 3.61. The van der Waals surface area contributed by atoms with Crippen molar-refractivity contribution in [3.05, 3.63) is 57.6 Å². The van der Waals surface area contributed by atoms with Crippen molar-refractivity contribution in [1.29, 1.82) is 0 Å². The standard InChI is InChI=1S/C19H22ClNO2/c1-4-23-15-5-6-16-13(10-15)7-8-21-18(16)17-11-14(20)9-12(2)19(17)22-3/h5-6,9-11,18,21H,4,7-8H2,1-3H3. The SMILES string of the molecule is CCOc1ccc2c(c1)CCNC2c1cc(Cl)cc(C)c1OC. The number of aryl methyl sites for hydroxylation is 1. The number of rotatable bonds is 4. The van der Waals surface area contributed by atoms with Crippen LogP contribution in [0.1, 0.15) is 35.2 Å². The van der Waals surface area contributed by atoms with E-state index >= 15 is 0 Å². The average Bonchev–Trinajstić information content (AvgIpc) is 2.54. The summed E-state index contributed by atoms with van der Waals surface area (Å²) in [5, 5.41) is 4.33. The van der Waals surface area contributed by atoms with Gasteiger partial charge in [-0.1, -0.05) is 17.7 Å². The van der Waals surface area contributed by atoms with Gasteiger partial charge < -0.3 is 14.8 Å². The van der Waals surface area contributed by atoms with Crippen LogP contribution in [0.2, 0.25) is 5.02 Å². The Balaban J connectivity index is 2.07. The summed E-state index contributed by atoms with van der Waals surface area (Å²) in [6.45, 7) is 5.63. The predicted octanol–water partition coefficient (Wildman–Crippen LogP) is 4.29. The quantitative estimate of drug-likeness (QED) is 0.906. The molecule has 0 bridgehead atoms. The summed E-state index contributed by atoms with van der Waals surface area (Å²) in [6.07, 6.45) is 0.995. The number of fused-ring (bicyclic) bond motifs is 1. The summed E-state index contributed by atoms with van der Waals surface area (Å²) in [4.78, 5) is 0. The van der Waals surface area contributed by atoms with E-state index in [0.29, 0.717) is 6.61 Å². The third-order valence-corrected chi connectivity index (χ3v) is 4.48. The summed E-state index contributed by atoms with van der Waals surface area (Å²) < 4.78 is 11.3. The molecule has 1 unspecified atom stereocenters. The molecule has 0 amide bonds. The van der Waals surface area contributed by atoms with Crippen molar-refractivity contribution in [3.63, 3.8) is 0 Å². The van der Waals surface area contributed by atoms with E-state index in [2.05, 4.69) is 17.4 Å². The lowest BCUT2D eigenvalue weighted by atomic mass is 9.88. The zero-order chi connectivity index (χ0) is 16.4. The second-order valence-corrected chi connectivity index (χ2v) is 6.21. The highest BCUT2D eigenvalue weighted by atomic mass is 35.5. The molecular weight excluding hydrogens is 310 g/mol. The molecule has 0 spiro atoms. The molecule has 122 valence electrons. The van der Waals surface area contributed by atoms with E-state index in [9.17, 15) is 0 Å². The largest absolute Gasteiger partial charge is 0.496 e. The van der Waals surface area contributed by atoms with E-state index in [4.69, 9.17) is 21.1 Å². The first kappa shape index (κ1) is 16.2. The number of hydrogen-bond donors (Lipinski definition) is 1. The predicted molar refractivity (Wildman–Crippen MR) is 93.9 cm³/mol. The number of ether oxygens (including phenoxy) is 2. The first-order valence-electron chi connectivity index (χ1n) is 7.97. The first-order chi connectivity index (χ1) is 11.1. The molecule has 1 aliphatic heterocycles. The van der Waals surface area contributed by atoms with Crippen molar-refractivity contribution in [3.8, 4) is 11.5 Å². The maximum Gasteiger partial charge on any atom is 0.126 e. The molecule has 1 atom stereocenters. The lowest BCUT2D eigenvalue weighted by Gasteiger charge is -2.29. The molecule has 3 rings (SSSR count). The minimum absolute atomic E-state index is 0.0850. The van der Waals surface area contributed by atoms with Crippen LogP contribution < -0.4 is 14.8 Å². The average molecular weight is 332 g/mol. The van der Waals surface area contributed by atoms with Gasteiger partial charge in [-0.2, -0.15) is 0 Å².